The van der Waals surface area contributed by atoms with Gasteiger partial charge in [-0.1, -0.05) is 61.0 Å². The zero-order valence-corrected chi connectivity index (χ0v) is 11.6. The highest BCUT2D eigenvalue weighted by atomic mass is 14.7. The van der Waals surface area contributed by atoms with Gasteiger partial charge in [0, 0.05) is 12.8 Å². The molecule has 14 heavy (non-hydrogen) atoms. The molecule has 88 valence electrons. The van der Waals surface area contributed by atoms with Crippen LogP contribution < -0.4 is 0 Å². The van der Waals surface area contributed by atoms with Crippen molar-refractivity contribution in [2.45, 2.75) is 61.3 Å². The van der Waals surface area contributed by atoms with Gasteiger partial charge in [0.15, 0.2) is 0 Å². The van der Waals surface area contributed by atoms with Gasteiger partial charge in [0.25, 0.3) is 0 Å². The summed E-state index contributed by atoms with van der Waals surface area (Å²) in [6.45, 7) is 17.8. The lowest BCUT2D eigenvalue weighted by Gasteiger charge is -1.78. The quantitative estimate of drug-likeness (QED) is 0.550. The summed E-state index contributed by atoms with van der Waals surface area (Å²) in [6.07, 6.45) is 4.36. The highest BCUT2D eigenvalue weighted by Gasteiger charge is 1.68. The van der Waals surface area contributed by atoms with Crippen LogP contribution in [0.15, 0.2) is 17.6 Å². The number of nitrogens with zero attached hydrogens (tertiary/aromatic N) is 1. The largest absolute Gasteiger partial charge is 0.293 e. The number of aliphatic imine (C=N–C) groups is 1. The Labute approximate surface area is 92.3 Å². The Kier molecular flexibility index (Phi) is 65.5. The van der Waals surface area contributed by atoms with Crippen LogP contribution in [0.1, 0.15) is 61.3 Å². The van der Waals surface area contributed by atoms with Gasteiger partial charge in [0.2, 0.25) is 0 Å². The van der Waals surface area contributed by atoms with Crippen LogP contribution in [-0.4, -0.2) is 12.8 Å². The van der Waals surface area contributed by atoms with Crippen LogP contribution in [0.4, 0.5) is 0 Å². The standard InChI is InChI=1S/C5H9N.C4H10.2C2H6/c1-4-5(2)6-3;1-3-4-2;2*1-2/h4H,1H2,2-3H3;3-4H2,1-2H3;2*1-2H3. The molecule has 1 nitrogen and oxygen atoms in total. The average molecular weight is 201 g/mol. The molecule has 0 aromatic heterocycles. The summed E-state index contributed by atoms with van der Waals surface area (Å²) in [7, 11) is 1.75. The average Bonchev–Trinajstić information content (AvgIpc) is 2.33. The maximum Gasteiger partial charge on any atom is 0.0308 e. The van der Waals surface area contributed by atoms with Crippen LogP contribution in [0.25, 0.3) is 0 Å². The van der Waals surface area contributed by atoms with Gasteiger partial charge in [-0.15, -0.1) is 0 Å². The molecule has 0 heterocycles. The second kappa shape index (κ2) is 39.3. The molecule has 0 amide bonds. The minimum absolute atomic E-state index is 0.981. The van der Waals surface area contributed by atoms with E-state index in [4.69, 9.17) is 0 Å². The van der Waals surface area contributed by atoms with E-state index in [0.29, 0.717) is 0 Å². The zero-order valence-electron chi connectivity index (χ0n) is 11.6. The van der Waals surface area contributed by atoms with Gasteiger partial charge in [-0.25, -0.2) is 0 Å². The van der Waals surface area contributed by atoms with E-state index in [9.17, 15) is 0 Å². The van der Waals surface area contributed by atoms with E-state index in [1.807, 2.05) is 34.6 Å². The molecule has 0 spiro atoms. The molecular formula is C13H31N. The van der Waals surface area contributed by atoms with Crippen LogP contribution in [0.5, 0.6) is 0 Å². The molecule has 0 saturated carbocycles. The second-order valence-corrected chi connectivity index (χ2v) is 2.07. The van der Waals surface area contributed by atoms with Crippen molar-refractivity contribution < 1.29 is 0 Å². The Bertz CT molecular complexity index is 91.4. The lowest BCUT2D eigenvalue weighted by molar-refractivity contribution is 0.886. The van der Waals surface area contributed by atoms with Gasteiger partial charge in [0.05, 0.1) is 0 Å². The van der Waals surface area contributed by atoms with Crippen LogP contribution in [0, 0.1) is 0 Å². The molecule has 0 aliphatic carbocycles. The van der Waals surface area contributed by atoms with Gasteiger partial charge in [0.1, 0.15) is 0 Å². The molecule has 0 unspecified atom stereocenters. The number of unbranched alkanes of at least 4 members (excludes halogenated alkanes) is 1. The first-order chi connectivity index (χ1) is 6.72. The van der Waals surface area contributed by atoms with Crippen molar-refractivity contribution in [3.05, 3.63) is 12.7 Å². The van der Waals surface area contributed by atoms with Crippen molar-refractivity contribution in [1.29, 1.82) is 0 Å². The first-order valence-corrected chi connectivity index (χ1v) is 5.78. The molecule has 0 aliphatic rings. The molecule has 0 aromatic rings. The fourth-order valence-corrected chi connectivity index (χ4v) is 0.0913. The first kappa shape index (κ1) is 23.3. The molecular weight excluding hydrogens is 170 g/mol. The van der Waals surface area contributed by atoms with Gasteiger partial charge in [-0.05, 0) is 13.0 Å². The molecule has 0 atom stereocenters. The van der Waals surface area contributed by atoms with E-state index in [0.717, 1.165) is 5.71 Å². The summed E-state index contributed by atoms with van der Waals surface area (Å²) in [5, 5.41) is 0. The number of hydrogen-bond acceptors (Lipinski definition) is 1. The van der Waals surface area contributed by atoms with Crippen molar-refractivity contribution >= 4 is 5.71 Å². The van der Waals surface area contributed by atoms with Crippen molar-refractivity contribution in [3.63, 3.8) is 0 Å². The van der Waals surface area contributed by atoms with E-state index in [2.05, 4.69) is 25.4 Å². The Morgan fingerprint density at radius 1 is 1.07 bits per heavy atom. The molecule has 0 saturated heterocycles. The molecule has 0 fully saturated rings. The lowest BCUT2D eigenvalue weighted by atomic mass is 10.4. The van der Waals surface area contributed by atoms with Crippen LogP contribution in [0.2, 0.25) is 0 Å². The predicted molar refractivity (Wildman–Crippen MR) is 72.5 cm³/mol. The fourth-order valence-electron chi connectivity index (χ4n) is 0.0913. The molecule has 0 radical (unpaired) electrons. The molecule has 0 rings (SSSR count). The molecule has 1 heteroatoms. The van der Waals surface area contributed by atoms with E-state index in [-0.39, 0.29) is 0 Å². The molecule has 0 aliphatic heterocycles. The summed E-state index contributed by atoms with van der Waals surface area (Å²) in [5.41, 5.74) is 0.981. The Morgan fingerprint density at radius 3 is 1.36 bits per heavy atom. The number of hydrogen-bond donors (Lipinski definition) is 0. The summed E-state index contributed by atoms with van der Waals surface area (Å²) >= 11 is 0. The van der Waals surface area contributed by atoms with Gasteiger partial charge >= 0.3 is 0 Å². The second-order valence-electron chi connectivity index (χ2n) is 2.07. The maximum absolute atomic E-state index is 3.81. The third kappa shape index (κ3) is 63.6. The number of allylic oxidation sites excluding steroid dienone is 1. The van der Waals surface area contributed by atoms with E-state index in [1.165, 1.54) is 12.8 Å². The van der Waals surface area contributed by atoms with Crippen LogP contribution in [-0.2, 0) is 0 Å². The molecule has 0 N–H and O–H groups in total. The van der Waals surface area contributed by atoms with Crippen molar-refractivity contribution in [1.82, 2.24) is 0 Å². The van der Waals surface area contributed by atoms with Gasteiger partial charge < -0.3 is 0 Å². The summed E-state index contributed by atoms with van der Waals surface area (Å²) < 4.78 is 0. The van der Waals surface area contributed by atoms with Crippen molar-refractivity contribution in [3.8, 4) is 0 Å². The smallest absolute Gasteiger partial charge is 0.0308 e. The van der Waals surface area contributed by atoms with Gasteiger partial charge in [-0.2, -0.15) is 0 Å². The first-order valence-electron chi connectivity index (χ1n) is 5.78. The fraction of sp³-hybridized carbons (Fsp3) is 0.769. The summed E-state index contributed by atoms with van der Waals surface area (Å²) in [4.78, 5) is 3.81. The van der Waals surface area contributed by atoms with Crippen LogP contribution in [0.3, 0.4) is 0 Å². The van der Waals surface area contributed by atoms with Crippen LogP contribution >= 0.6 is 0 Å². The predicted octanol–water partition coefficient (Wildman–Crippen LogP) is 5.12. The minimum Gasteiger partial charge on any atom is -0.293 e. The topological polar surface area (TPSA) is 12.4 Å². The lowest BCUT2D eigenvalue weighted by Crippen LogP contribution is -1.77. The zero-order chi connectivity index (χ0) is 12.4. The monoisotopic (exact) mass is 201 g/mol. The Balaban J connectivity index is -0.0000000546. The normalized spacial score (nSPS) is 7.86. The molecule has 0 aromatic carbocycles. The maximum atomic E-state index is 3.81. The third-order valence-electron chi connectivity index (χ3n) is 1.15. The SMILES string of the molecule is C=CC(C)=NC.CC.CC.CCCC. The van der Waals surface area contributed by atoms with Gasteiger partial charge in [-0.3, -0.25) is 4.99 Å². The Hall–Kier alpha value is -0.590. The van der Waals surface area contributed by atoms with E-state index >= 15 is 0 Å². The highest BCUT2D eigenvalue weighted by Crippen LogP contribution is 1.76. The third-order valence-corrected chi connectivity index (χ3v) is 1.15. The summed E-state index contributed by atoms with van der Waals surface area (Å²) in [5.74, 6) is 0. The van der Waals surface area contributed by atoms with E-state index in [1.54, 1.807) is 13.1 Å². The van der Waals surface area contributed by atoms with Crippen molar-refractivity contribution in [2.75, 3.05) is 7.05 Å². The molecule has 0 bridgehead atoms. The highest BCUT2D eigenvalue weighted by molar-refractivity contribution is 5.91. The number of rotatable bonds is 2. The van der Waals surface area contributed by atoms with E-state index < -0.39 is 0 Å². The summed E-state index contributed by atoms with van der Waals surface area (Å²) in [6, 6.07) is 0. The minimum atomic E-state index is 0.981. The van der Waals surface area contributed by atoms with Crippen molar-refractivity contribution in [2.24, 2.45) is 4.99 Å². The Morgan fingerprint density at radius 2 is 1.36 bits per heavy atom.